The number of halogens is 3. The van der Waals surface area contributed by atoms with Crippen LogP contribution in [-0.2, 0) is 40.5 Å². The van der Waals surface area contributed by atoms with Gasteiger partial charge in [0, 0.05) is 37.7 Å². The van der Waals surface area contributed by atoms with Crippen LogP contribution in [0.4, 0.5) is 0 Å². The van der Waals surface area contributed by atoms with E-state index in [0.717, 1.165) is 46.5 Å². The van der Waals surface area contributed by atoms with Crippen molar-refractivity contribution >= 4 is 40.7 Å². The Morgan fingerprint density at radius 1 is 0.725 bits per heavy atom. The summed E-state index contributed by atoms with van der Waals surface area (Å²) >= 11 is 17.3. The number of aliphatic hydroxyl groups is 1. The maximum Gasteiger partial charge on any atom is 0.272 e. The third kappa shape index (κ3) is 9.79. The second kappa shape index (κ2) is 17.2. The number of carbonyl (C=O) groups is 1. The molecule has 1 saturated heterocycles. The van der Waals surface area contributed by atoms with Crippen LogP contribution in [0, 0.1) is 5.92 Å². The summed E-state index contributed by atoms with van der Waals surface area (Å²) in [5.41, 5.74) is 8.06. The van der Waals surface area contributed by atoms with E-state index in [1.165, 1.54) is 11.1 Å². The summed E-state index contributed by atoms with van der Waals surface area (Å²) < 4.78 is 11.6. The third-order valence-corrected chi connectivity index (χ3v) is 9.78. The first kappa shape index (κ1) is 37.1. The lowest BCUT2D eigenvalue weighted by atomic mass is 9.89. The van der Waals surface area contributed by atoms with Crippen molar-refractivity contribution in [2.24, 2.45) is 5.92 Å². The van der Waals surface area contributed by atoms with Crippen molar-refractivity contribution in [3.63, 3.8) is 0 Å². The minimum atomic E-state index is -2.04. The number of alkyl halides is 3. The molecule has 0 unspecified atom stereocenters. The predicted molar refractivity (Wildman–Crippen MR) is 204 cm³/mol. The summed E-state index contributed by atoms with van der Waals surface area (Å²) in [5.74, 6) is -0.649. The molecular weight excluding hydrogens is 703 g/mol. The first-order chi connectivity index (χ1) is 24.7. The zero-order valence-electron chi connectivity index (χ0n) is 28.3. The molecule has 5 aromatic carbocycles. The van der Waals surface area contributed by atoms with Gasteiger partial charge in [0.05, 0.1) is 18.8 Å². The summed E-state index contributed by atoms with van der Waals surface area (Å²) in [4.78, 5) is 14.7. The van der Waals surface area contributed by atoms with Gasteiger partial charge in [-0.1, -0.05) is 175 Å². The SMILES string of the molecule is C[C@@H]1[C@H](CN(Cc2ccccc2)Cc2ccccc2)O[C@H](c2ccc(-c3ccccc3CNC(=O)C(Cl)(Cl)Cl)cc2)O[C@@H]1c1ccc(CO)cc1. The number of nitrogens with one attached hydrogen (secondary N) is 1. The van der Waals surface area contributed by atoms with Crippen LogP contribution in [0.1, 0.15) is 52.7 Å². The fourth-order valence-corrected chi connectivity index (χ4v) is 6.70. The van der Waals surface area contributed by atoms with E-state index in [-0.39, 0.29) is 31.3 Å². The van der Waals surface area contributed by atoms with Crippen molar-refractivity contribution in [2.75, 3.05) is 6.54 Å². The molecule has 1 amide bonds. The van der Waals surface area contributed by atoms with Gasteiger partial charge in [0.25, 0.3) is 9.70 Å². The van der Waals surface area contributed by atoms with E-state index in [9.17, 15) is 9.90 Å². The number of carbonyl (C=O) groups excluding carboxylic acids is 1. The van der Waals surface area contributed by atoms with Crippen molar-refractivity contribution in [1.29, 1.82) is 0 Å². The van der Waals surface area contributed by atoms with E-state index in [2.05, 4.69) is 65.7 Å². The van der Waals surface area contributed by atoms with Crippen molar-refractivity contribution in [1.82, 2.24) is 10.2 Å². The van der Waals surface area contributed by atoms with Gasteiger partial charge in [-0.05, 0) is 38.9 Å². The van der Waals surface area contributed by atoms with Crippen LogP contribution in [0.15, 0.2) is 133 Å². The molecule has 6 nitrogen and oxygen atoms in total. The fraction of sp³-hybridized carbons (Fsp3) is 0.262. The number of benzene rings is 5. The molecule has 0 radical (unpaired) electrons. The first-order valence-electron chi connectivity index (χ1n) is 17.0. The third-order valence-electron chi connectivity index (χ3n) is 9.27. The predicted octanol–water partition coefficient (Wildman–Crippen LogP) is 9.33. The number of rotatable bonds is 12. The summed E-state index contributed by atoms with van der Waals surface area (Å²) in [6.45, 7) is 4.63. The highest BCUT2D eigenvalue weighted by atomic mass is 35.6. The maximum atomic E-state index is 12.2. The van der Waals surface area contributed by atoms with Gasteiger partial charge in [-0.3, -0.25) is 9.69 Å². The van der Waals surface area contributed by atoms with Crippen molar-refractivity contribution < 1.29 is 19.4 Å². The molecule has 0 spiro atoms. The number of amides is 1. The lowest BCUT2D eigenvalue weighted by molar-refractivity contribution is -0.276. The van der Waals surface area contributed by atoms with Gasteiger partial charge < -0.3 is 19.9 Å². The molecule has 1 fully saturated rings. The van der Waals surface area contributed by atoms with Gasteiger partial charge >= 0.3 is 0 Å². The zero-order chi connectivity index (χ0) is 35.8. The van der Waals surface area contributed by atoms with E-state index in [0.29, 0.717) is 6.54 Å². The summed E-state index contributed by atoms with van der Waals surface area (Å²) in [5, 5.41) is 12.4. The molecule has 6 rings (SSSR count). The Labute approximate surface area is 314 Å². The molecule has 0 aromatic heterocycles. The second-order valence-corrected chi connectivity index (χ2v) is 15.2. The van der Waals surface area contributed by atoms with Gasteiger partial charge in [0.1, 0.15) is 0 Å². The Kier molecular flexibility index (Phi) is 12.5. The molecule has 264 valence electrons. The number of hydrogen-bond donors (Lipinski definition) is 2. The fourth-order valence-electron chi connectivity index (χ4n) is 6.50. The van der Waals surface area contributed by atoms with Gasteiger partial charge in [-0.15, -0.1) is 0 Å². The summed E-state index contributed by atoms with van der Waals surface area (Å²) in [7, 11) is 0. The van der Waals surface area contributed by atoms with Crippen molar-refractivity contribution in [3.05, 3.63) is 167 Å². The topological polar surface area (TPSA) is 71.0 Å². The standard InChI is InChI=1S/C42H41Cl3N2O4/c1-29-38(27-47(25-30-10-4-2-5-11-30)26-31-12-6-3-7-13-31)50-40(51-39(29)34-18-16-32(28-48)17-19-34)35-22-20-33(21-23-35)37-15-9-8-14-36(37)24-46-41(49)42(43,44)45/h2-23,29,38-40,48H,24-28H2,1H3,(H,46,49)/t29-,38+,39+,40+/m1/s1. The highest BCUT2D eigenvalue weighted by molar-refractivity contribution is 6.76. The molecule has 51 heavy (non-hydrogen) atoms. The van der Waals surface area contributed by atoms with E-state index < -0.39 is 16.0 Å². The molecule has 1 heterocycles. The summed E-state index contributed by atoms with van der Waals surface area (Å²) in [6.07, 6.45) is -1.00. The Hall–Kier alpha value is -3.72. The van der Waals surface area contributed by atoms with Crippen LogP contribution in [0.25, 0.3) is 11.1 Å². The molecule has 1 aliphatic rings. The molecule has 2 N–H and O–H groups in total. The molecule has 1 aliphatic heterocycles. The molecule has 0 aliphatic carbocycles. The molecule has 4 atom stereocenters. The average Bonchev–Trinajstić information content (AvgIpc) is 3.15. The van der Waals surface area contributed by atoms with Crippen LogP contribution in [0.3, 0.4) is 0 Å². The van der Waals surface area contributed by atoms with E-state index >= 15 is 0 Å². The van der Waals surface area contributed by atoms with Crippen LogP contribution in [0.2, 0.25) is 0 Å². The molecule has 0 saturated carbocycles. The van der Waals surface area contributed by atoms with E-state index in [1.54, 1.807) is 0 Å². The van der Waals surface area contributed by atoms with Crippen LogP contribution < -0.4 is 5.32 Å². The minimum Gasteiger partial charge on any atom is -0.392 e. The van der Waals surface area contributed by atoms with Gasteiger partial charge in [-0.2, -0.15) is 0 Å². The quantitative estimate of drug-likeness (QED) is 0.125. The second-order valence-electron chi connectivity index (χ2n) is 12.9. The Balaban J connectivity index is 1.27. The number of nitrogens with zero attached hydrogens (tertiary/aromatic N) is 1. The Morgan fingerprint density at radius 2 is 1.29 bits per heavy atom. The number of ether oxygens (including phenoxy) is 2. The lowest BCUT2D eigenvalue weighted by Gasteiger charge is -2.43. The Bertz CT molecular complexity index is 1810. The van der Waals surface area contributed by atoms with Crippen LogP contribution in [0.5, 0.6) is 0 Å². The normalized spacial score (nSPS) is 19.2. The van der Waals surface area contributed by atoms with Crippen LogP contribution in [-0.4, -0.2) is 32.4 Å². The highest BCUT2D eigenvalue weighted by Crippen LogP contribution is 2.42. The largest absolute Gasteiger partial charge is 0.392 e. The number of hydrogen-bond acceptors (Lipinski definition) is 5. The molecule has 0 bridgehead atoms. The van der Waals surface area contributed by atoms with Crippen LogP contribution >= 0.6 is 34.8 Å². The maximum absolute atomic E-state index is 12.2. The minimum absolute atomic E-state index is 0.0155. The molecular formula is C42H41Cl3N2O4. The Morgan fingerprint density at radius 3 is 1.88 bits per heavy atom. The molecule has 5 aromatic rings. The number of aliphatic hydroxyl groups excluding tert-OH is 1. The lowest BCUT2D eigenvalue weighted by Crippen LogP contribution is -2.44. The van der Waals surface area contributed by atoms with Gasteiger partial charge in [0.15, 0.2) is 6.29 Å². The zero-order valence-corrected chi connectivity index (χ0v) is 30.6. The van der Waals surface area contributed by atoms with Crippen molar-refractivity contribution in [2.45, 2.75) is 55.5 Å². The van der Waals surface area contributed by atoms with E-state index in [1.807, 2.05) is 84.9 Å². The average molecular weight is 744 g/mol. The van der Waals surface area contributed by atoms with Crippen molar-refractivity contribution in [3.8, 4) is 11.1 Å². The summed E-state index contributed by atoms with van der Waals surface area (Å²) in [6, 6.07) is 44.9. The van der Waals surface area contributed by atoms with E-state index in [4.69, 9.17) is 44.3 Å². The van der Waals surface area contributed by atoms with Gasteiger partial charge in [-0.25, -0.2) is 0 Å². The van der Waals surface area contributed by atoms with Gasteiger partial charge in [0.2, 0.25) is 0 Å². The molecule has 9 heteroatoms. The smallest absolute Gasteiger partial charge is 0.272 e. The monoisotopic (exact) mass is 742 g/mol. The first-order valence-corrected chi connectivity index (χ1v) is 18.2. The highest BCUT2D eigenvalue weighted by Gasteiger charge is 2.39.